The highest BCUT2D eigenvalue weighted by Crippen LogP contribution is 2.38. The number of benzene rings is 1. The molecule has 2 unspecified atom stereocenters. The number of halogens is 1. The van der Waals surface area contributed by atoms with E-state index in [1.165, 1.54) is 18.2 Å². The van der Waals surface area contributed by atoms with Crippen molar-refractivity contribution in [3.05, 3.63) is 24.0 Å². The Hall–Kier alpha value is -1.58. The Labute approximate surface area is 87.5 Å². The maximum Gasteiger partial charge on any atom is 0.227 e. The zero-order chi connectivity index (χ0) is 11.0. The number of carbonyl (C=O) groups is 1. The van der Waals surface area contributed by atoms with Gasteiger partial charge in [-0.2, -0.15) is 0 Å². The second-order valence-electron chi connectivity index (χ2n) is 4.05. The van der Waals surface area contributed by atoms with Gasteiger partial charge < -0.3 is 11.1 Å². The van der Waals surface area contributed by atoms with Crippen LogP contribution in [-0.2, 0) is 4.79 Å². The average Bonchev–Trinajstić information content (AvgIpc) is 2.89. The van der Waals surface area contributed by atoms with Gasteiger partial charge in [0.05, 0.1) is 5.69 Å². The first-order chi connectivity index (χ1) is 7.08. The average molecular weight is 208 g/mol. The normalized spacial score (nSPS) is 23.6. The van der Waals surface area contributed by atoms with Crippen molar-refractivity contribution in [1.29, 1.82) is 0 Å². The van der Waals surface area contributed by atoms with Crippen LogP contribution in [0.3, 0.4) is 0 Å². The summed E-state index contributed by atoms with van der Waals surface area (Å²) in [5.74, 6) is 0.0976. The van der Waals surface area contributed by atoms with Crippen LogP contribution in [0.2, 0.25) is 0 Å². The zero-order valence-electron chi connectivity index (χ0n) is 8.46. The SMILES string of the molecule is CC1CC1C(=O)Nc1ccc(F)c(N)c1. The van der Waals surface area contributed by atoms with Crippen LogP contribution < -0.4 is 11.1 Å². The van der Waals surface area contributed by atoms with Crippen molar-refractivity contribution >= 4 is 17.3 Å². The number of carbonyl (C=O) groups excluding carboxylic acids is 1. The van der Waals surface area contributed by atoms with Crippen LogP contribution >= 0.6 is 0 Å². The summed E-state index contributed by atoms with van der Waals surface area (Å²) in [6.07, 6.45) is 0.933. The van der Waals surface area contributed by atoms with Gasteiger partial charge in [0.2, 0.25) is 5.91 Å². The molecule has 2 rings (SSSR count). The van der Waals surface area contributed by atoms with Gasteiger partial charge in [0.25, 0.3) is 0 Å². The fourth-order valence-corrected chi connectivity index (χ4v) is 1.54. The molecule has 1 aromatic rings. The first-order valence-electron chi connectivity index (χ1n) is 4.94. The molecule has 3 N–H and O–H groups in total. The van der Waals surface area contributed by atoms with Crippen LogP contribution in [0.15, 0.2) is 18.2 Å². The Balaban J connectivity index is 2.04. The number of nitrogen functional groups attached to an aromatic ring is 1. The van der Waals surface area contributed by atoms with Gasteiger partial charge in [-0.3, -0.25) is 4.79 Å². The van der Waals surface area contributed by atoms with Crippen molar-refractivity contribution < 1.29 is 9.18 Å². The standard InChI is InChI=1S/C11H13FN2O/c1-6-4-8(6)11(15)14-7-2-3-9(12)10(13)5-7/h2-3,5-6,8H,4,13H2,1H3,(H,14,15). The Morgan fingerprint density at radius 1 is 1.60 bits per heavy atom. The highest BCUT2D eigenvalue weighted by Gasteiger charge is 2.39. The third-order valence-electron chi connectivity index (χ3n) is 2.71. The van der Waals surface area contributed by atoms with Crippen molar-refractivity contribution in [3.8, 4) is 0 Å². The maximum absolute atomic E-state index is 12.8. The number of amides is 1. The van der Waals surface area contributed by atoms with Crippen molar-refractivity contribution in [3.63, 3.8) is 0 Å². The molecule has 3 nitrogen and oxygen atoms in total. The molecule has 0 bridgehead atoms. The molecule has 0 radical (unpaired) electrons. The summed E-state index contributed by atoms with van der Waals surface area (Å²) in [6, 6.07) is 4.19. The lowest BCUT2D eigenvalue weighted by Gasteiger charge is -2.05. The van der Waals surface area contributed by atoms with E-state index in [2.05, 4.69) is 5.32 Å². The topological polar surface area (TPSA) is 55.1 Å². The van der Waals surface area contributed by atoms with Crippen LogP contribution in [0.25, 0.3) is 0 Å². The van der Waals surface area contributed by atoms with Crippen LogP contribution in [-0.4, -0.2) is 5.91 Å². The van der Waals surface area contributed by atoms with E-state index in [-0.39, 0.29) is 17.5 Å². The molecule has 0 heterocycles. The van der Waals surface area contributed by atoms with Crippen molar-refractivity contribution in [2.24, 2.45) is 11.8 Å². The van der Waals surface area contributed by atoms with Crippen LogP contribution in [0, 0.1) is 17.7 Å². The Kier molecular flexibility index (Phi) is 2.34. The Morgan fingerprint density at radius 2 is 2.27 bits per heavy atom. The minimum Gasteiger partial charge on any atom is -0.396 e. The number of nitrogens with one attached hydrogen (secondary N) is 1. The molecule has 1 amide bonds. The van der Waals surface area contributed by atoms with Gasteiger partial charge in [0.15, 0.2) is 0 Å². The molecule has 0 spiro atoms. The molecular formula is C11H13FN2O. The number of hydrogen-bond donors (Lipinski definition) is 2. The summed E-state index contributed by atoms with van der Waals surface area (Å²) >= 11 is 0. The lowest BCUT2D eigenvalue weighted by molar-refractivity contribution is -0.117. The second kappa shape index (κ2) is 3.53. The van der Waals surface area contributed by atoms with Gasteiger partial charge in [-0.15, -0.1) is 0 Å². The molecule has 2 atom stereocenters. The molecule has 1 fully saturated rings. The zero-order valence-corrected chi connectivity index (χ0v) is 8.46. The molecular weight excluding hydrogens is 195 g/mol. The minimum absolute atomic E-state index is 0.00601. The maximum atomic E-state index is 12.8. The van der Waals surface area contributed by atoms with E-state index < -0.39 is 5.82 Å². The molecule has 80 valence electrons. The van der Waals surface area contributed by atoms with Crippen LogP contribution in [0.5, 0.6) is 0 Å². The van der Waals surface area contributed by atoms with E-state index >= 15 is 0 Å². The number of rotatable bonds is 2. The van der Waals surface area contributed by atoms with E-state index in [1.807, 2.05) is 6.92 Å². The molecule has 0 aromatic heterocycles. The van der Waals surface area contributed by atoms with Gasteiger partial charge in [0, 0.05) is 11.6 Å². The number of anilines is 2. The lowest BCUT2D eigenvalue weighted by Crippen LogP contribution is -2.14. The summed E-state index contributed by atoms with van der Waals surface area (Å²) < 4.78 is 12.8. The van der Waals surface area contributed by atoms with E-state index in [0.29, 0.717) is 11.6 Å². The van der Waals surface area contributed by atoms with Crippen molar-refractivity contribution in [2.45, 2.75) is 13.3 Å². The van der Waals surface area contributed by atoms with Crippen LogP contribution in [0.1, 0.15) is 13.3 Å². The van der Waals surface area contributed by atoms with Gasteiger partial charge in [-0.25, -0.2) is 4.39 Å². The monoisotopic (exact) mass is 208 g/mol. The van der Waals surface area contributed by atoms with E-state index in [1.54, 1.807) is 0 Å². The summed E-state index contributed by atoms with van der Waals surface area (Å²) in [6.45, 7) is 2.03. The molecule has 15 heavy (non-hydrogen) atoms. The van der Waals surface area contributed by atoms with E-state index in [9.17, 15) is 9.18 Å². The minimum atomic E-state index is -0.465. The fraction of sp³-hybridized carbons (Fsp3) is 0.364. The smallest absolute Gasteiger partial charge is 0.227 e. The van der Waals surface area contributed by atoms with Crippen molar-refractivity contribution in [2.75, 3.05) is 11.1 Å². The van der Waals surface area contributed by atoms with Gasteiger partial charge >= 0.3 is 0 Å². The third kappa shape index (κ3) is 2.09. The van der Waals surface area contributed by atoms with Crippen LogP contribution in [0.4, 0.5) is 15.8 Å². The van der Waals surface area contributed by atoms with Gasteiger partial charge in [-0.05, 0) is 30.5 Å². The Morgan fingerprint density at radius 3 is 2.80 bits per heavy atom. The highest BCUT2D eigenvalue weighted by molar-refractivity contribution is 5.94. The molecule has 1 saturated carbocycles. The molecule has 0 saturated heterocycles. The quantitative estimate of drug-likeness (QED) is 0.730. The molecule has 1 aliphatic carbocycles. The van der Waals surface area contributed by atoms with E-state index in [4.69, 9.17) is 5.73 Å². The lowest BCUT2D eigenvalue weighted by atomic mass is 10.2. The first kappa shape index (κ1) is 9.96. The van der Waals surface area contributed by atoms with E-state index in [0.717, 1.165) is 6.42 Å². The second-order valence-corrected chi connectivity index (χ2v) is 4.05. The molecule has 1 aliphatic rings. The largest absolute Gasteiger partial charge is 0.396 e. The summed E-state index contributed by atoms with van der Waals surface area (Å²) in [5.41, 5.74) is 6.00. The highest BCUT2D eigenvalue weighted by atomic mass is 19.1. The molecule has 1 aromatic carbocycles. The first-order valence-corrected chi connectivity index (χ1v) is 4.94. The number of nitrogens with two attached hydrogens (primary N) is 1. The summed E-state index contributed by atoms with van der Waals surface area (Å²) in [4.78, 5) is 11.5. The van der Waals surface area contributed by atoms with Gasteiger partial charge in [-0.1, -0.05) is 6.92 Å². The number of hydrogen-bond acceptors (Lipinski definition) is 2. The fourth-order valence-electron chi connectivity index (χ4n) is 1.54. The predicted octanol–water partition coefficient (Wildman–Crippen LogP) is 2.00. The molecule has 0 aliphatic heterocycles. The molecule has 4 heteroatoms. The van der Waals surface area contributed by atoms with Crippen molar-refractivity contribution in [1.82, 2.24) is 0 Å². The summed E-state index contributed by atoms with van der Waals surface area (Å²) in [7, 11) is 0. The predicted molar refractivity (Wildman–Crippen MR) is 56.7 cm³/mol. The Bertz CT molecular complexity index is 406. The summed E-state index contributed by atoms with van der Waals surface area (Å²) in [5, 5.41) is 2.72. The third-order valence-corrected chi connectivity index (χ3v) is 2.71. The van der Waals surface area contributed by atoms with Gasteiger partial charge in [0.1, 0.15) is 5.82 Å².